The zero-order chi connectivity index (χ0) is 18.0. The third-order valence-electron chi connectivity index (χ3n) is 5.14. The lowest BCUT2D eigenvalue weighted by molar-refractivity contribution is -0.133. The molecule has 0 spiro atoms. The Morgan fingerprint density at radius 2 is 2.00 bits per heavy atom. The second kappa shape index (κ2) is 7.47. The van der Waals surface area contributed by atoms with E-state index < -0.39 is 6.04 Å². The standard InChI is InChI=1S/C18H25FN4O2/c1-11(2)23-7-5-12(6-8-23)13-10-20-16(9-14(13)19)21-15-3-4-17(24)22-18(15)25/h9-12,15H,3-8H2,1-2H3,(H,20,21)(H,22,24,25). The molecule has 3 heterocycles. The lowest BCUT2D eigenvalue weighted by Gasteiger charge is -2.34. The van der Waals surface area contributed by atoms with Gasteiger partial charge in [-0.1, -0.05) is 0 Å². The fourth-order valence-corrected chi connectivity index (χ4v) is 3.56. The van der Waals surface area contributed by atoms with Crippen LogP contribution >= 0.6 is 0 Å². The maximum atomic E-state index is 14.6. The zero-order valence-electron chi connectivity index (χ0n) is 14.7. The number of piperidine rings is 2. The Hall–Kier alpha value is -2.02. The monoisotopic (exact) mass is 348 g/mol. The summed E-state index contributed by atoms with van der Waals surface area (Å²) in [5, 5.41) is 5.19. The van der Waals surface area contributed by atoms with Gasteiger partial charge < -0.3 is 10.2 Å². The molecule has 1 atom stereocenters. The van der Waals surface area contributed by atoms with Crippen molar-refractivity contribution in [2.45, 2.75) is 57.5 Å². The highest BCUT2D eigenvalue weighted by Gasteiger charge is 2.28. The van der Waals surface area contributed by atoms with Crippen LogP contribution in [0.25, 0.3) is 0 Å². The maximum Gasteiger partial charge on any atom is 0.249 e. The van der Waals surface area contributed by atoms with E-state index in [-0.39, 0.29) is 30.0 Å². The Morgan fingerprint density at radius 3 is 2.60 bits per heavy atom. The second-order valence-corrected chi connectivity index (χ2v) is 7.14. The minimum atomic E-state index is -0.551. The van der Waals surface area contributed by atoms with Gasteiger partial charge in [0.15, 0.2) is 0 Å². The van der Waals surface area contributed by atoms with Gasteiger partial charge in [-0.2, -0.15) is 0 Å². The van der Waals surface area contributed by atoms with Crippen LogP contribution in [-0.4, -0.2) is 46.9 Å². The number of hydrogen-bond acceptors (Lipinski definition) is 5. The summed E-state index contributed by atoms with van der Waals surface area (Å²) in [5.74, 6) is -0.427. The van der Waals surface area contributed by atoms with Crippen LogP contribution in [0.15, 0.2) is 12.3 Å². The summed E-state index contributed by atoms with van der Waals surface area (Å²) in [6.45, 7) is 6.30. The Balaban J connectivity index is 1.63. The van der Waals surface area contributed by atoms with Gasteiger partial charge in [0.1, 0.15) is 17.7 Å². The predicted molar refractivity (Wildman–Crippen MR) is 92.7 cm³/mol. The van der Waals surface area contributed by atoms with Crippen molar-refractivity contribution in [2.75, 3.05) is 18.4 Å². The molecule has 0 radical (unpaired) electrons. The first-order valence-corrected chi connectivity index (χ1v) is 8.93. The van der Waals surface area contributed by atoms with Gasteiger partial charge in [0.05, 0.1) is 0 Å². The molecule has 2 N–H and O–H groups in total. The average Bonchev–Trinajstić information content (AvgIpc) is 2.58. The van der Waals surface area contributed by atoms with Crippen molar-refractivity contribution < 1.29 is 14.0 Å². The van der Waals surface area contributed by atoms with Gasteiger partial charge in [-0.3, -0.25) is 14.9 Å². The van der Waals surface area contributed by atoms with Crippen LogP contribution in [0, 0.1) is 5.82 Å². The number of halogens is 1. The number of nitrogens with zero attached hydrogens (tertiary/aromatic N) is 2. The topological polar surface area (TPSA) is 74.3 Å². The number of rotatable bonds is 4. The van der Waals surface area contributed by atoms with Crippen molar-refractivity contribution >= 4 is 17.6 Å². The highest BCUT2D eigenvalue weighted by Crippen LogP contribution is 2.31. The van der Waals surface area contributed by atoms with Gasteiger partial charge in [0.2, 0.25) is 11.8 Å². The van der Waals surface area contributed by atoms with E-state index in [4.69, 9.17) is 0 Å². The molecule has 2 aliphatic heterocycles. The van der Waals surface area contributed by atoms with E-state index in [0.29, 0.717) is 23.8 Å². The number of pyridine rings is 1. The number of amides is 2. The van der Waals surface area contributed by atoms with Crippen LogP contribution in [0.3, 0.4) is 0 Å². The minimum absolute atomic E-state index is 0.187. The average molecular weight is 348 g/mol. The van der Waals surface area contributed by atoms with E-state index in [9.17, 15) is 14.0 Å². The molecule has 2 amide bonds. The molecule has 6 nitrogen and oxygen atoms in total. The first kappa shape index (κ1) is 17.8. The second-order valence-electron chi connectivity index (χ2n) is 7.14. The number of imide groups is 1. The molecule has 1 aromatic rings. The van der Waals surface area contributed by atoms with Crippen LogP contribution in [0.1, 0.15) is 51.0 Å². The zero-order valence-corrected chi connectivity index (χ0v) is 14.7. The molecule has 0 bridgehead atoms. The van der Waals surface area contributed by atoms with Crippen molar-refractivity contribution in [3.05, 3.63) is 23.6 Å². The maximum absolute atomic E-state index is 14.6. The summed E-state index contributed by atoms with van der Waals surface area (Å²) in [6.07, 6.45) is 4.11. The molecule has 1 unspecified atom stereocenters. The normalized spacial score (nSPS) is 23.0. The van der Waals surface area contributed by atoms with Crippen molar-refractivity contribution in [1.82, 2.24) is 15.2 Å². The summed E-state index contributed by atoms with van der Waals surface area (Å²) < 4.78 is 14.6. The number of aromatic nitrogens is 1. The molecule has 136 valence electrons. The highest BCUT2D eigenvalue weighted by molar-refractivity contribution is 6.01. The van der Waals surface area contributed by atoms with E-state index in [1.165, 1.54) is 6.07 Å². The molecular formula is C18H25FN4O2. The molecule has 7 heteroatoms. The summed E-state index contributed by atoms with van der Waals surface area (Å²) in [6, 6.07) is 1.32. The predicted octanol–water partition coefficient (Wildman–Crippen LogP) is 2.03. The Labute approximate surface area is 147 Å². The molecule has 0 saturated carbocycles. The van der Waals surface area contributed by atoms with E-state index in [1.54, 1.807) is 6.20 Å². The van der Waals surface area contributed by atoms with Crippen LogP contribution in [0.5, 0.6) is 0 Å². The van der Waals surface area contributed by atoms with Crippen LogP contribution in [-0.2, 0) is 9.59 Å². The number of nitrogens with one attached hydrogen (secondary N) is 2. The van der Waals surface area contributed by atoms with E-state index in [0.717, 1.165) is 25.9 Å². The molecule has 0 aromatic carbocycles. The fourth-order valence-electron chi connectivity index (χ4n) is 3.56. The molecule has 25 heavy (non-hydrogen) atoms. The van der Waals surface area contributed by atoms with Gasteiger partial charge in [-0.15, -0.1) is 0 Å². The van der Waals surface area contributed by atoms with Crippen LogP contribution < -0.4 is 10.6 Å². The Bertz CT molecular complexity index is 656. The van der Waals surface area contributed by atoms with E-state index in [2.05, 4.69) is 34.4 Å². The number of anilines is 1. The van der Waals surface area contributed by atoms with Gasteiger partial charge in [-0.05, 0) is 52.1 Å². The van der Waals surface area contributed by atoms with Crippen molar-refractivity contribution in [3.8, 4) is 0 Å². The molecule has 2 fully saturated rings. The van der Waals surface area contributed by atoms with Gasteiger partial charge in [0.25, 0.3) is 0 Å². The molecule has 0 aliphatic carbocycles. The first-order valence-electron chi connectivity index (χ1n) is 8.93. The third kappa shape index (κ3) is 4.15. The van der Waals surface area contributed by atoms with E-state index >= 15 is 0 Å². The highest BCUT2D eigenvalue weighted by atomic mass is 19.1. The first-order chi connectivity index (χ1) is 11.9. The SMILES string of the molecule is CC(C)N1CCC(c2cnc(NC3CCC(=O)NC3=O)cc2F)CC1. The number of likely N-dealkylation sites (tertiary alicyclic amines) is 1. The largest absolute Gasteiger partial charge is 0.358 e. The lowest BCUT2D eigenvalue weighted by Crippen LogP contribution is -2.47. The summed E-state index contributed by atoms with van der Waals surface area (Å²) in [4.78, 5) is 29.6. The Kier molecular flexibility index (Phi) is 5.32. The van der Waals surface area contributed by atoms with Crippen LogP contribution in [0.4, 0.5) is 10.2 Å². The molecule has 2 saturated heterocycles. The van der Waals surface area contributed by atoms with Gasteiger partial charge in [0, 0.05) is 30.3 Å². The van der Waals surface area contributed by atoms with Crippen molar-refractivity contribution in [3.63, 3.8) is 0 Å². The lowest BCUT2D eigenvalue weighted by atomic mass is 9.89. The summed E-state index contributed by atoms with van der Waals surface area (Å²) >= 11 is 0. The molecular weight excluding hydrogens is 323 g/mol. The van der Waals surface area contributed by atoms with Gasteiger partial charge in [-0.25, -0.2) is 9.37 Å². The van der Waals surface area contributed by atoms with Gasteiger partial charge >= 0.3 is 0 Å². The third-order valence-corrected chi connectivity index (χ3v) is 5.14. The van der Waals surface area contributed by atoms with E-state index in [1.807, 2.05) is 0 Å². The number of hydrogen-bond donors (Lipinski definition) is 2. The minimum Gasteiger partial charge on any atom is -0.358 e. The number of carbonyl (C=O) groups is 2. The molecule has 3 rings (SSSR count). The van der Waals surface area contributed by atoms with Crippen molar-refractivity contribution in [1.29, 1.82) is 0 Å². The number of carbonyl (C=O) groups excluding carboxylic acids is 2. The van der Waals surface area contributed by atoms with Crippen molar-refractivity contribution in [2.24, 2.45) is 0 Å². The Morgan fingerprint density at radius 1 is 1.28 bits per heavy atom. The fraction of sp³-hybridized carbons (Fsp3) is 0.611. The summed E-state index contributed by atoms with van der Waals surface area (Å²) in [5.41, 5.74) is 0.650. The smallest absolute Gasteiger partial charge is 0.249 e. The molecule has 2 aliphatic rings. The quantitative estimate of drug-likeness (QED) is 0.815. The van der Waals surface area contributed by atoms with Crippen LogP contribution in [0.2, 0.25) is 0 Å². The summed E-state index contributed by atoms with van der Waals surface area (Å²) in [7, 11) is 0. The molecule has 1 aromatic heterocycles.